The minimum atomic E-state index is 1.11. The second kappa shape index (κ2) is 15.1. The Balaban J connectivity index is 3.09. The number of hydrogen-bond acceptors (Lipinski definition) is 0. The molecule has 0 aliphatic carbocycles. The molecule has 0 aliphatic rings. The summed E-state index contributed by atoms with van der Waals surface area (Å²) >= 11 is 1.43. The predicted molar refractivity (Wildman–Crippen MR) is 80.9 cm³/mol. The maximum atomic E-state index is 2.30. The first-order valence-corrected chi connectivity index (χ1v) is 9.46. The zero-order valence-corrected chi connectivity index (χ0v) is 14.8. The van der Waals surface area contributed by atoms with Crippen LogP contribution in [0.5, 0.6) is 0 Å². The minimum absolute atomic E-state index is 1.11. The maximum absolute atomic E-state index is 2.30. The van der Waals surface area contributed by atoms with E-state index >= 15 is 0 Å². The number of hydrogen-bond donors (Lipinski definition) is 0. The van der Waals surface area contributed by atoms with Crippen LogP contribution in [0.1, 0.15) is 97.3 Å². The molecule has 0 rings (SSSR count). The Morgan fingerprint density at radius 3 is 1.35 bits per heavy atom. The van der Waals surface area contributed by atoms with Crippen molar-refractivity contribution in [2.75, 3.05) is 0 Å². The third-order valence-corrected chi connectivity index (χ3v) is 5.01. The summed E-state index contributed by atoms with van der Waals surface area (Å²) in [5, 5.41) is 0. The van der Waals surface area contributed by atoms with Crippen LogP contribution in [-0.2, 0) is 0 Å². The molecule has 0 aromatic rings. The van der Waals surface area contributed by atoms with Gasteiger partial charge in [-0.1, -0.05) is 0 Å². The fourth-order valence-electron chi connectivity index (χ4n) is 2.51. The Bertz CT molecular complexity index is 133. The average Bonchev–Trinajstić information content (AvgIpc) is 2.33. The van der Waals surface area contributed by atoms with Crippen LogP contribution in [0.2, 0.25) is 3.17 Å². The van der Waals surface area contributed by atoms with Gasteiger partial charge in [-0.25, -0.2) is 0 Å². The Hall–Kier alpha value is 1.00. The van der Waals surface area contributed by atoms with E-state index in [2.05, 4.69) is 13.8 Å². The Labute approximate surface area is 128 Å². The van der Waals surface area contributed by atoms with Gasteiger partial charge < -0.3 is 0 Å². The van der Waals surface area contributed by atoms with Crippen LogP contribution < -0.4 is 0 Å². The van der Waals surface area contributed by atoms with E-state index in [0.29, 0.717) is 0 Å². The van der Waals surface area contributed by atoms with E-state index in [1.54, 1.807) is 0 Å². The van der Waals surface area contributed by atoms with Gasteiger partial charge in [0, 0.05) is 0 Å². The molecule has 0 radical (unpaired) electrons. The van der Waals surface area contributed by atoms with Crippen molar-refractivity contribution >= 4 is 27.9 Å². The SMILES string of the molecule is CCCCCCCC[CH]([Na])CCCCCCC. The summed E-state index contributed by atoms with van der Waals surface area (Å²) in [6, 6.07) is 0. The van der Waals surface area contributed by atoms with Crippen molar-refractivity contribution in [3.63, 3.8) is 0 Å². The van der Waals surface area contributed by atoms with Gasteiger partial charge in [-0.15, -0.1) is 0 Å². The number of unbranched alkanes of at least 4 members (excludes halogenated alkanes) is 9. The molecule has 0 fully saturated rings. The molecule has 0 aromatic carbocycles. The number of rotatable bonds is 13. The molecule has 1 atom stereocenters. The first-order valence-electron chi connectivity index (χ1n) is 8.31. The van der Waals surface area contributed by atoms with Crippen LogP contribution in [0, 0.1) is 0 Å². The zero-order valence-electron chi connectivity index (χ0n) is 12.8. The van der Waals surface area contributed by atoms with Gasteiger partial charge in [0.1, 0.15) is 0 Å². The second-order valence-electron chi connectivity index (χ2n) is 5.86. The normalized spacial score (nSPS) is 12.9. The molecule has 1 heteroatoms. The predicted octanol–water partition coefficient (Wildman–Crippen LogP) is 6.05. The molecule has 1 unspecified atom stereocenters. The van der Waals surface area contributed by atoms with Crippen molar-refractivity contribution in [1.82, 2.24) is 0 Å². The van der Waals surface area contributed by atoms with Gasteiger partial charge in [0.25, 0.3) is 0 Å². The summed E-state index contributed by atoms with van der Waals surface area (Å²) in [5.74, 6) is 0. The molecule has 17 heavy (non-hydrogen) atoms. The van der Waals surface area contributed by atoms with E-state index < -0.39 is 0 Å². The van der Waals surface area contributed by atoms with Gasteiger partial charge in [0.2, 0.25) is 0 Å². The van der Waals surface area contributed by atoms with Crippen LogP contribution in [0.3, 0.4) is 0 Å². The van der Waals surface area contributed by atoms with Crippen LogP contribution in [-0.4, -0.2) is 27.9 Å². The molecule has 0 saturated heterocycles. The summed E-state index contributed by atoms with van der Waals surface area (Å²) in [5.41, 5.74) is 0. The van der Waals surface area contributed by atoms with Crippen molar-refractivity contribution in [2.24, 2.45) is 0 Å². The first-order chi connectivity index (χ1) is 8.31. The molecule has 0 saturated carbocycles. The molecule has 0 bridgehead atoms. The van der Waals surface area contributed by atoms with E-state index in [9.17, 15) is 0 Å². The standard InChI is InChI=1S/C16H33.Na/c1-3-5-7-9-11-13-15-16-14-12-10-8-6-4-2;/h15H,3-14,16H2,1-2H3;. The van der Waals surface area contributed by atoms with Crippen LogP contribution >= 0.6 is 0 Å². The van der Waals surface area contributed by atoms with Gasteiger partial charge in [-0.05, 0) is 0 Å². The van der Waals surface area contributed by atoms with E-state index in [1.807, 2.05) is 0 Å². The molecule has 0 aromatic heterocycles. The molecule has 98 valence electrons. The monoisotopic (exact) mass is 248 g/mol. The quantitative estimate of drug-likeness (QED) is 0.275. The Morgan fingerprint density at radius 2 is 0.941 bits per heavy atom. The van der Waals surface area contributed by atoms with Crippen LogP contribution in [0.25, 0.3) is 0 Å². The Morgan fingerprint density at radius 1 is 0.588 bits per heavy atom. The zero-order chi connectivity index (χ0) is 12.8. The molecule has 0 spiro atoms. The van der Waals surface area contributed by atoms with Gasteiger partial charge in [-0.2, -0.15) is 0 Å². The van der Waals surface area contributed by atoms with E-state index in [-0.39, 0.29) is 0 Å². The average molecular weight is 248 g/mol. The van der Waals surface area contributed by atoms with Crippen LogP contribution in [0.15, 0.2) is 0 Å². The Kier molecular flexibility index (Phi) is 15.9. The topological polar surface area (TPSA) is 0 Å². The van der Waals surface area contributed by atoms with E-state index in [0.717, 1.165) is 3.17 Å². The van der Waals surface area contributed by atoms with Crippen molar-refractivity contribution in [3.05, 3.63) is 0 Å². The van der Waals surface area contributed by atoms with E-state index in [1.165, 1.54) is 111 Å². The molecule has 0 amide bonds. The summed E-state index contributed by atoms with van der Waals surface area (Å²) in [7, 11) is 0. The van der Waals surface area contributed by atoms with E-state index in [4.69, 9.17) is 0 Å². The molecule has 0 nitrogen and oxygen atoms in total. The van der Waals surface area contributed by atoms with Crippen molar-refractivity contribution in [3.8, 4) is 0 Å². The second-order valence-corrected chi connectivity index (χ2v) is 7.50. The molecular formula is C16H33Na. The fourth-order valence-corrected chi connectivity index (χ4v) is 3.33. The summed E-state index contributed by atoms with van der Waals surface area (Å²) < 4.78 is 1.11. The van der Waals surface area contributed by atoms with Crippen LogP contribution in [0.4, 0.5) is 0 Å². The molecular weight excluding hydrogens is 215 g/mol. The third-order valence-electron chi connectivity index (χ3n) is 3.85. The third kappa shape index (κ3) is 14.9. The molecule has 0 heterocycles. The molecule has 0 aliphatic heterocycles. The van der Waals surface area contributed by atoms with Gasteiger partial charge >= 0.3 is 128 Å². The van der Waals surface area contributed by atoms with Gasteiger partial charge in [0.15, 0.2) is 0 Å². The van der Waals surface area contributed by atoms with Gasteiger partial charge in [-0.3, -0.25) is 0 Å². The fraction of sp³-hybridized carbons (Fsp3) is 1.00. The summed E-state index contributed by atoms with van der Waals surface area (Å²) in [4.78, 5) is 0. The van der Waals surface area contributed by atoms with Crippen molar-refractivity contribution in [1.29, 1.82) is 0 Å². The van der Waals surface area contributed by atoms with Crippen molar-refractivity contribution in [2.45, 2.75) is 100 Å². The first kappa shape index (κ1) is 18.0. The molecule has 0 N–H and O–H groups in total. The summed E-state index contributed by atoms with van der Waals surface area (Å²) in [6.07, 6.45) is 19.1. The van der Waals surface area contributed by atoms with Crippen molar-refractivity contribution < 1.29 is 0 Å². The summed E-state index contributed by atoms with van der Waals surface area (Å²) in [6.45, 7) is 4.60. The van der Waals surface area contributed by atoms with Gasteiger partial charge in [0.05, 0.1) is 0 Å².